The molecule has 124 valence electrons. The maximum absolute atomic E-state index is 12.3. The van der Waals surface area contributed by atoms with Crippen LogP contribution in [-0.2, 0) is 10.0 Å². The molecule has 0 amide bonds. The predicted octanol–water partition coefficient (Wildman–Crippen LogP) is 1.12. The van der Waals surface area contributed by atoms with Gasteiger partial charge in [-0.05, 0) is 57.7 Å². The fourth-order valence-corrected chi connectivity index (χ4v) is 4.76. The summed E-state index contributed by atoms with van der Waals surface area (Å²) in [4.78, 5) is 2.55. The molecule has 0 aliphatic carbocycles. The van der Waals surface area contributed by atoms with Crippen molar-refractivity contribution in [1.29, 1.82) is 0 Å². The van der Waals surface area contributed by atoms with Crippen molar-refractivity contribution in [3.05, 3.63) is 0 Å². The van der Waals surface area contributed by atoms with E-state index in [2.05, 4.69) is 17.1 Å². The van der Waals surface area contributed by atoms with Gasteiger partial charge in [-0.3, -0.25) is 0 Å². The second-order valence-corrected chi connectivity index (χ2v) is 8.50. The Hall–Kier alpha value is -0.170. The van der Waals surface area contributed by atoms with E-state index < -0.39 is 10.0 Å². The summed E-state index contributed by atoms with van der Waals surface area (Å²) in [7, 11) is -3.06. The smallest absolute Gasteiger partial charge is 0.215 e. The van der Waals surface area contributed by atoms with Crippen molar-refractivity contribution in [3.8, 4) is 0 Å². The fraction of sp³-hybridized carbons (Fsp3) is 1.00. The Balaban J connectivity index is 1.69. The van der Waals surface area contributed by atoms with Gasteiger partial charge in [-0.1, -0.05) is 6.92 Å². The third-order valence-electron chi connectivity index (χ3n) is 4.65. The van der Waals surface area contributed by atoms with Crippen molar-refractivity contribution in [1.82, 2.24) is 14.5 Å². The van der Waals surface area contributed by atoms with Gasteiger partial charge in [-0.2, -0.15) is 0 Å². The second-order valence-electron chi connectivity index (χ2n) is 6.42. The number of likely N-dealkylation sites (tertiary alicyclic amines) is 1. The first kappa shape index (κ1) is 17.2. The Kier molecular flexibility index (Phi) is 6.92. The van der Waals surface area contributed by atoms with Crippen molar-refractivity contribution in [3.63, 3.8) is 0 Å². The summed E-state index contributed by atoms with van der Waals surface area (Å²) in [6, 6.07) is 0. The lowest BCUT2D eigenvalue weighted by Gasteiger charge is -2.33. The van der Waals surface area contributed by atoms with E-state index in [0.717, 1.165) is 25.8 Å². The van der Waals surface area contributed by atoms with Crippen LogP contribution in [0.5, 0.6) is 0 Å². The van der Waals surface area contributed by atoms with Crippen LogP contribution in [0.1, 0.15) is 39.0 Å². The summed E-state index contributed by atoms with van der Waals surface area (Å²) in [5, 5.41) is 3.17. The zero-order chi connectivity index (χ0) is 15.1. The van der Waals surface area contributed by atoms with Gasteiger partial charge in [-0.25, -0.2) is 12.7 Å². The number of hydrogen-bond donors (Lipinski definition) is 1. The molecule has 1 N–H and O–H groups in total. The first-order chi connectivity index (χ1) is 10.1. The van der Waals surface area contributed by atoms with Gasteiger partial charge in [0.2, 0.25) is 10.0 Å². The molecule has 0 aromatic carbocycles. The van der Waals surface area contributed by atoms with Crippen LogP contribution in [0.2, 0.25) is 0 Å². The van der Waals surface area contributed by atoms with Crippen molar-refractivity contribution in [2.24, 2.45) is 5.92 Å². The third-order valence-corrected chi connectivity index (χ3v) is 6.52. The minimum Gasteiger partial charge on any atom is -0.316 e. The summed E-state index contributed by atoms with van der Waals surface area (Å²) in [5.41, 5.74) is 0. The molecular weight excluding hydrogens is 286 g/mol. The fourth-order valence-electron chi connectivity index (χ4n) is 3.33. The summed E-state index contributed by atoms with van der Waals surface area (Å²) < 4.78 is 26.3. The highest BCUT2D eigenvalue weighted by Gasteiger charge is 2.28. The molecule has 0 unspecified atom stereocenters. The number of piperidine rings is 1. The Bertz CT molecular complexity index is 386. The van der Waals surface area contributed by atoms with Gasteiger partial charge in [-0.15, -0.1) is 0 Å². The van der Waals surface area contributed by atoms with Crippen LogP contribution in [0.3, 0.4) is 0 Å². The lowest BCUT2D eigenvalue weighted by atomic mass is 9.98. The Morgan fingerprint density at radius 2 is 1.71 bits per heavy atom. The van der Waals surface area contributed by atoms with Crippen LogP contribution < -0.4 is 5.32 Å². The molecule has 0 spiro atoms. The molecule has 0 atom stereocenters. The van der Waals surface area contributed by atoms with Gasteiger partial charge in [0.1, 0.15) is 0 Å². The van der Waals surface area contributed by atoms with Crippen molar-refractivity contribution < 1.29 is 8.42 Å². The van der Waals surface area contributed by atoms with E-state index in [1.807, 2.05) is 0 Å². The summed E-state index contributed by atoms with van der Waals surface area (Å²) in [6.07, 6.45) is 5.76. The lowest BCUT2D eigenvalue weighted by molar-refractivity contribution is 0.206. The number of sulfonamides is 1. The van der Waals surface area contributed by atoms with Crippen molar-refractivity contribution in [2.75, 3.05) is 51.6 Å². The number of nitrogens with zero attached hydrogens (tertiary/aromatic N) is 2. The monoisotopic (exact) mass is 317 g/mol. The van der Waals surface area contributed by atoms with Gasteiger partial charge in [0.05, 0.1) is 5.75 Å². The molecule has 21 heavy (non-hydrogen) atoms. The standard InChI is InChI=1S/C15H31N3O2S/c1-2-7-16-8-13-21(19,20)18-11-5-15(6-12-18)14-17-9-3-4-10-17/h15-16H,2-14H2,1H3. The van der Waals surface area contributed by atoms with Crippen molar-refractivity contribution in [2.45, 2.75) is 39.0 Å². The van der Waals surface area contributed by atoms with E-state index in [-0.39, 0.29) is 5.75 Å². The largest absolute Gasteiger partial charge is 0.316 e. The van der Waals surface area contributed by atoms with E-state index in [0.29, 0.717) is 25.6 Å². The van der Waals surface area contributed by atoms with Crippen LogP contribution >= 0.6 is 0 Å². The van der Waals surface area contributed by atoms with E-state index in [9.17, 15) is 8.42 Å². The third kappa shape index (κ3) is 5.51. The van der Waals surface area contributed by atoms with Crippen molar-refractivity contribution >= 4 is 10.0 Å². The topological polar surface area (TPSA) is 52.7 Å². The van der Waals surface area contributed by atoms with E-state index in [4.69, 9.17) is 0 Å². The van der Waals surface area contributed by atoms with Crippen LogP contribution in [-0.4, -0.2) is 69.2 Å². The maximum atomic E-state index is 12.3. The predicted molar refractivity (Wildman–Crippen MR) is 86.9 cm³/mol. The molecule has 0 saturated carbocycles. The Morgan fingerprint density at radius 1 is 1.05 bits per heavy atom. The molecular formula is C15H31N3O2S. The van der Waals surface area contributed by atoms with Crippen LogP contribution in [0.4, 0.5) is 0 Å². The molecule has 0 radical (unpaired) electrons. The molecule has 2 rings (SSSR count). The van der Waals surface area contributed by atoms with Gasteiger partial charge in [0.25, 0.3) is 0 Å². The summed E-state index contributed by atoms with van der Waals surface area (Å²) >= 11 is 0. The average Bonchev–Trinajstić information content (AvgIpc) is 2.97. The minimum absolute atomic E-state index is 0.240. The molecule has 0 bridgehead atoms. The highest BCUT2D eigenvalue weighted by Crippen LogP contribution is 2.22. The Labute approximate surface area is 130 Å². The van der Waals surface area contributed by atoms with E-state index in [1.54, 1.807) is 4.31 Å². The van der Waals surface area contributed by atoms with Crippen LogP contribution in [0, 0.1) is 5.92 Å². The molecule has 0 aromatic rings. The highest BCUT2D eigenvalue weighted by atomic mass is 32.2. The molecule has 6 heteroatoms. The highest BCUT2D eigenvalue weighted by molar-refractivity contribution is 7.89. The first-order valence-electron chi connectivity index (χ1n) is 8.52. The lowest BCUT2D eigenvalue weighted by Crippen LogP contribution is -2.43. The van der Waals surface area contributed by atoms with Crippen LogP contribution in [0.25, 0.3) is 0 Å². The normalized spacial score (nSPS) is 22.9. The molecule has 2 saturated heterocycles. The van der Waals surface area contributed by atoms with Gasteiger partial charge in [0.15, 0.2) is 0 Å². The zero-order valence-electron chi connectivity index (χ0n) is 13.4. The average molecular weight is 317 g/mol. The summed E-state index contributed by atoms with van der Waals surface area (Å²) in [6.45, 7) is 8.64. The molecule has 0 aromatic heterocycles. The second kappa shape index (κ2) is 8.46. The molecule has 5 nitrogen and oxygen atoms in total. The quantitative estimate of drug-likeness (QED) is 0.682. The maximum Gasteiger partial charge on any atom is 0.215 e. The van der Waals surface area contributed by atoms with Crippen LogP contribution in [0.15, 0.2) is 0 Å². The first-order valence-corrected chi connectivity index (χ1v) is 10.1. The SMILES string of the molecule is CCCNCCS(=O)(=O)N1CCC(CN2CCCC2)CC1. The number of nitrogens with one attached hydrogen (secondary N) is 1. The van der Waals surface area contributed by atoms with E-state index in [1.165, 1.54) is 32.5 Å². The van der Waals surface area contributed by atoms with Gasteiger partial charge in [0, 0.05) is 26.2 Å². The molecule has 2 aliphatic rings. The van der Waals surface area contributed by atoms with Gasteiger partial charge < -0.3 is 10.2 Å². The molecule has 2 fully saturated rings. The summed E-state index contributed by atoms with van der Waals surface area (Å²) in [5.74, 6) is 0.928. The Morgan fingerprint density at radius 3 is 2.33 bits per heavy atom. The minimum atomic E-state index is -3.06. The van der Waals surface area contributed by atoms with E-state index >= 15 is 0 Å². The number of rotatable bonds is 8. The number of hydrogen-bond acceptors (Lipinski definition) is 4. The van der Waals surface area contributed by atoms with Gasteiger partial charge >= 0.3 is 0 Å². The molecule has 2 heterocycles. The molecule has 2 aliphatic heterocycles. The zero-order valence-corrected chi connectivity index (χ0v) is 14.2.